The van der Waals surface area contributed by atoms with Crippen molar-refractivity contribution in [3.05, 3.63) is 23.5 Å². The third kappa shape index (κ3) is 4.04. The summed E-state index contributed by atoms with van der Waals surface area (Å²) in [6.07, 6.45) is 1.59. The van der Waals surface area contributed by atoms with E-state index in [4.69, 9.17) is 9.31 Å². The predicted octanol–water partition coefficient (Wildman–Crippen LogP) is -9.38. The lowest BCUT2D eigenvalue weighted by atomic mass is 9.63. The fourth-order valence-corrected chi connectivity index (χ4v) is 3.51. The van der Waals surface area contributed by atoms with Crippen LogP contribution in [0.3, 0.4) is 0 Å². The SMILES string of the molecule is BOC(=O)C(B)N(B)C(=O)c1ncc(-c2c(B)c(B)c(B)c(C#N)c2B)cc1OB. The number of hydrogen-bond acceptors (Lipinski definition) is 6. The molecule has 1 aromatic heterocycles. The third-order valence-electron chi connectivity index (χ3n) is 5.74. The first kappa shape index (κ1) is 23.4. The number of nitrogens with zero attached hydrogens (tertiary/aromatic N) is 3. The Morgan fingerprint density at radius 3 is 2.27 bits per heavy atom. The second-order valence-corrected chi connectivity index (χ2v) is 7.25. The Morgan fingerprint density at radius 1 is 1.10 bits per heavy atom. The van der Waals surface area contributed by atoms with Crippen molar-refractivity contribution in [2.24, 2.45) is 0 Å². The van der Waals surface area contributed by atoms with Gasteiger partial charge in [0.1, 0.15) is 45.0 Å². The topological polar surface area (TPSA) is 92.5 Å². The van der Waals surface area contributed by atoms with E-state index < -0.39 is 17.8 Å². The van der Waals surface area contributed by atoms with Crippen LogP contribution in [0.25, 0.3) is 11.1 Å². The lowest BCUT2D eigenvalue weighted by Crippen LogP contribution is -2.46. The van der Waals surface area contributed by atoms with Gasteiger partial charge >= 0.3 is 22.1 Å². The monoisotopic (exact) mass is 393 g/mol. The average Bonchev–Trinajstić information content (AvgIpc) is 2.75. The van der Waals surface area contributed by atoms with Gasteiger partial charge in [0, 0.05) is 17.3 Å². The molecule has 0 spiro atoms. The molecule has 0 radical (unpaired) electrons. The maximum Gasteiger partial charge on any atom is 0.326 e. The maximum absolute atomic E-state index is 12.9. The zero-order chi connectivity index (χ0) is 22.7. The minimum Gasteiger partial charge on any atom is -0.566 e. The molecule has 1 unspecified atom stereocenters. The summed E-state index contributed by atoms with van der Waals surface area (Å²) in [5.41, 5.74) is 6.29. The van der Waals surface area contributed by atoms with Crippen LogP contribution in [0.15, 0.2) is 12.3 Å². The van der Waals surface area contributed by atoms with Gasteiger partial charge in [-0.2, -0.15) is 5.26 Å². The third-order valence-corrected chi connectivity index (χ3v) is 5.74. The van der Waals surface area contributed by atoms with E-state index in [9.17, 15) is 14.9 Å². The zero-order valence-corrected chi connectivity index (χ0v) is 18.7. The Kier molecular flexibility index (Phi) is 7.25. The first-order valence-corrected chi connectivity index (χ1v) is 9.50. The molecular weight excluding hydrogens is 373 g/mol. The van der Waals surface area contributed by atoms with Crippen LogP contribution in [0.2, 0.25) is 0 Å². The summed E-state index contributed by atoms with van der Waals surface area (Å²) >= 11 is 0. The molecule has 30 heavy (non-hydrogen) atoms. The summed E-state index contributed by atoms with van der Waals surface area (Å²) in [7, 11) is 13.7. The molecule has 0 fully saturated rings. The molecule has 0 saturated heterocycles. The van der Waals surface area contributed by atoms with Crippen molar-refractivity contribution in [2.45, 2.75) is 5.94 Å². The summed E-state index contributed by atoms with van der Waals surface area (Å²) in [4.78, 5) is 30.3. The molecule has 1 amide bonds. The van der Waals surface area contributed by atoms with Crippen LogP contribution in [-0.4, -0.2) is 90.9 Å². The molecule has 0 saturated carbocycles. The highest BCUT2D eigenvalue weighted by Crippen LogP contribution is 2.24. The first-order chi connectivity index (χ1) is 14.1. The van der Waals surface area contributed by atoms with Crippen molar-refractivity contribution in [1.29, 1.82) is 5.26 Å². The van der Waals surface area contributed by atoms with Gasteiger partial charge in [-0.05, 0) is 11.6 Å². The molecule has 0 aliphatic carbocycles. The van der Waals surface area contributed by atoms with Crippen molar-refractivity contribution in [3.8, 4) is 22.9 Å². The summed E-state index contributed by atoms with van der Waals surface area (Å²) in [5, 5.41) is 9.60. The Hall–Kier alpha value is -2.88. The highest BCUT2D eigenvalue weighted by molar-refractivity contribution is 6.62. The second kappa shape index (κ2) is 9.29. The number of carbonyl (C=O) groups is 2. The first-order valence-electron chi connectivity index (χ1n) is 9.50. The fraction of sp³-hybridized carbons (Fsp3) is 0.0667. The van der Waals surface area contributed by atoms with Gasteiger partial charge in [0.05, 0.1) is 12.0 Å². The van der Waals surface area contributed by atoms with E-state index in [1.54, 1.807) is 20.1 Å². The molecule has 1 aromatic carbocycles. The Morgan fingerprint density at radius 2 is 1.73 bits per heavy atom. The van der Waals surface area contributed by atoms with E-state index in [2.05, 4.69) is 11.1 Å². The number of carbonyl (C=O) groups excluding carboxylic acids is 2. The number of nitriles is 1. The molecule has 15 heteroatoms. The summed E-state index contributed by atoms with van der Waals surface area (Å²) < 4.78 is 10.2. The van der Waals surface area contributed by atoms with E-state index in [1.807, 2.05) is 31.4 Å². The number of hydrogen-bond donors (Lipinski definition) is 0. The zero-order valence-electron chi connectivity index (χ0n) is 18.7. The molecule has 2 aromatic rings. The van der Waals surface area contributed by atoms with Gasteiger partial charge in [0.15, 0.2) is 5.69 Å². The van der Waals surface area contributed by atoms with E-state index in [0.29, 0.717) is 5.56 Å². The van der Waals surface area contributed by atoms with Gasteiger partial charge < -0.3 is 14.1 Å². The molecule has 0 bridgehead atoms. The second-order valence-electron chi connectivity index (χ2n) is 7.25. The average molecular weight is 392 g/mol. The van der Waals surface area contributed by atoms with Crippen LogP contribution in [0.5, 0.6) is 5.75 Å². The van der Waals surface area contributed by atoms with Crippen LogP contribution in [0.1, 0.15) is 16.1 Å². The Bertz CT molecular complexity index is 1080. The van der Waals surface area contributed by atoms with Gasteiger partial charge in [-0.25, -0.2) is 4.98 Å². The quantitative estimate of drug-likeness (QED) is 0.470. The van der Waals surface area contributed by atoms with E-state index >= 15 is 0 Å². The van der Waals surface area contributed by atoms with Crippen LogP contribution in [0, 0.1) is 11.3 Å². The van der Waals surface area contributed by atoms with Crippen LogP contribution in [-0.2, 0) is 9.45 Å². The van der Waals surface area contributed by atoms with Crippen molar-refractivity contribution < 1.29 is 18.9 Å². The lowest BCUT2D eigenvalue weighted by molar-refractivity contribution is -0.135. The largest absolute Gasteiger partial charge is 0.566 e. The molecule has 0 aliphatic rings. The van der Waals surface area contributed by atoms with Crippen molar-refractivity contribution >= 4 is 97.0 Å². The van der Waals surface area contributed by atoms with Crippen molar-refractivity contribution in [3.63, 3.8) is 0 Å². The fourth-order valence-electron chi connectivity index (χ4n) is 3.51. The van der Waals surface area contributed by atoms with Gasteiger partial charge in [-0.1, -0.05) is 21.9 Å². The lowest BCUT2D eigenvalue weighted by Gasteiger charge is -2.25. The number of pyridine rings is 1. The molecule has 7 nitrogen and oxygen atoms in total. The predicted molar refractivity (Wildman–Crippen MR) is 138 cm³/mol. The Balaban J connectivity index is 2.60. The molecule has 2 rings (SSSR count). The molecule has 0 N–H and O–H groups in total. The van der Waals surface area contributed by atoms with Gasteiger partial charge in [0.25, 0.3) is 5.91 Å². The molecular formula is C15H19B8N3O4. The van der Waals surface area contributed by atoms with Crippen LogP contribution >= 0.6 is 0 Å². The number of rotatable bonds is 5. The minimum atomic E-state index is -0.767. The number of aromatic nitrogens is 1. The summed E-state index contributed by atoms with van der Waals surface area (Å²) in [6, 6.07) is 4.03. The number of amides is 1. The molecule has 142 valence electrons. The van der Waals surface area contributed by atoms with Crippen LogP contribution < -0.4 is 26.5 Å². The summed E-state index contributed by atoms with van der Waals surface area (Å²) in [5.74, 6) is -1.46. The molecule has 1 atom stereocenters. The smallest absolute Gasteiger partial charge is 0.326 e. The summed E-state index contributed by atoms with van der Waals surface area (Å²) in [6.45, 7) is 0. The normalized spacial score (nSPS) is 11.2. The van der Waals surface area contributed by atoms with Gasteiger partial charge in [0.2, 0.25) is 7.98 Å². The van der Waals surface area contributed by atoms with Gasteiger partial charge in [-0.15, -0.1) is 0 Å². The van der Waals surface area contributed by atoms with Crippen LogP contribution in [0.4, 0.5) is 0 Å². The van der Waals surface area contributed by atoms with E-state index in [1.165, 1.54) is 28.9 Å². The van der Waals surface area contributed by atoms with Gasteiger partial charge in [-0.3, -0.25) is 9.59 Å². The number of benzene rings is 1. The van der Waals surface area contributed by atoms with Crippen molar-refractivity contribution in [2.75, 3.05) is 0 Å². The minimum absolute atomic E-state index is 0.0964. The maximum atomic E-state index is 12.9. The standard InChI is InChI=1S/C15H19B8N3O4/c16-8-5(2-24)9(17)11(19)10(18)7(8)4-1-6(29-22)12(25-3-4)14(27)26(21)13(20)15(28)30-23/h1,3,13H,16-23H2. The highest BCUT2D eigenvalue weighted by atomic mass is 16.5. The van der Waals surface area contributed by atoms with Crippen molar-refractivity contribution in [1.82, 2.24) is 9.79 Å². The molecule has 0 aliphatic heterocycles. The highest BCUT2D eigenvalue weighted by Gasteiger charge is 2.26. The molecule has 1 heterocycles. The van der Waals surface area contributed by atoms with E-state index in [-0.39, 0.29) is 11.4 Å². The Labute approximate surface area is 183 Å². The van der Waals surface area contributed by atoms with E-state index in [0.717, 1.165) is 33.0 Å².